The highest BCUT2D eigenvalue weighted by Crippen LogP contribution is 2.29. The molecule has 0 radical (unpaired) electrons. The van der Waals surface area contributed by atoms with Crippen LogP contribution in [0.25, 0.3) is 22.6 Å². The fraction of sp³-hybridized carbons (Fsp3) is 0.158. The molecule has 0 aliphatic rings. The fourth-order valence-corrected chi connectivity index (χ4v) is 2.62. The van der Waals surface area contributed by atoms with Crippen LogP contribution in [-0.4, -0.2) is 32.5 Å². The van der Waals surface area contributed by atoms with Gasteiger partial charge in [-0.3, -0.25) is 15.1 Å². The third-order valence-electron chi connectivity index (χ3n) is 3.82. The first kappa shape index (κ1) is 18.1. The van der Waals surface area contributed by atoms with Crippen LogP contribution in [0.15, 0.2) is 48.8 Å². The summed E-state index contributed by atoms with van der Waals surface area (Å²) >= 11 is 0. The zero-order valence-electron chi connectivity index (χ0n) is 14.7. The first-order valence-electron chi connectivity index (χ1n) is 8.22. The lowest BCUT2D eigenvalue weighted by Gasteiger charge is -2.13. The molecule has 1 aromatic carbocycles. The Kier molecular flexibility index (Phi) is 5.16. The van der Waals surface area contributed by atoms with Crippen LogP contribution in [0, 0.1) is 17.0 Å². The number of nitro benzene ring substituents is 1. The van der Waals surface area contributed by atoms with E-state index in [0.29, 0.717) is 22.6 Å². The van der Waals surface area contributed by atoms with Crippen molar-refractivity contribution in [2.45, 2.75) is 13.8 Å². The van der Waals surface area contributed by atoms with E-state index >= 15 is 0 Å². The SMILES string of the molecule is CCOC(=O)c1c(C)nc(-c2cccnc2)nc1-c1cccc([N+](=O)[O-])c1. The van der Waals surface area contributed by atoms with Crippen LogP contribution in [0.2, 0.25) is 0 Å². The Balaban J connectivity index is 2.25. The van der Waals surface area contributed by atoms with Crippen LogP contribution < -0.4 is 0 Å². The van der Waals surface area contributed by atoms with Crippen LogP contribution in [0.5, 0.6) is 0 Å². The number of carbonyl (C=O) groups is 1. The molecule has 0 spiro atoms. The van der Waals surface area contributed by atoms with Gasteiger partial charge in [-0.15, -0.1) is 0 Å². The summed E-state index contributed by atoms with van der Waals surface area (Å²) < 4.78 is 5.13. The maximum atomic E-state index is 12.5. The van der Waals surface area contributed by atoms with Crippen LogP contribution in [0.3, 0.4) is 0 Å². The zero-order chi connectivity index (χ0) is 19.4. The van der Waals surface area contributed by atoms with Gasteiger partial charge in [0.1, 0.15) is 5.56 Å². The molecule has 0 N–H and O–H groups in total. The van der Waals surface area contributed by atoms with E-state index in [1.807, 2.05) is 0 Å². The highest BCUT2D eigenvalue weighted by Gasteiger charge is 2.22. The average molecular weight is 364 g/mol. The van der Waals surface area contributed by atoms with Crippen molar-refractivity contribution < 1.29 is 14.5 Å². The Morgan fingerprint density at radius 2 is 1.96 bits per heavy atom. The molecule has 136 valence electrons. The maximum Gasteiger partial charge on any atom is 0.342 e. The van der Waals surface area contributed by atoms with Crippen molar-refractivity contribution in [1.82, 2.24) is 15.0 Å². The Hall–Kier alpha value is -3.68. The summed E-state index contributed by atoms with van der Waals surface area (Å²) in [7, 11) is 0. The van der Waals surface area contributed by atoms with Crippen LogP contribution in [-0.2, 0) is 4.74 Å². The van der Waals surface area contributed by atoms with Crippen molar-refractivity contribution in [3.63, 3.8) is 0 Å². The number of carbonyl (C=O) groups excluding carboxylic acids is 1. The van der Waals surface area contributed by atoms with Crippen molar-refractivity contribution >= 4 is 11.7 Å². The second-order valence-electron chi connectivity index (χ2n) is 5.63. The minimum absolute atomic E-state index is 0.0958. The average Bonchev–Trinajstić information content (AvgIpc) is 2.68. The summed E-state index contributed by atoms with van der Waals surface area (Å²) in [6.07, 6.45) is 3.24. The molecule has 0 atom stereocenters. The number of benzene rings is 1. The smallest absolute Gasteiger partial charge is 0.342 e. The van der Waals surface area contributed by atoms with Gasteiger partial charge in [0, 0.05) is 35.7 Å². The van der Waals surface area contributed by atoms with Gasteiger partial charge in [-0.1, -0.05) is 12.1 Å². The molecule has 27 heavy (non-hydrogen) atoms. The lowest BCUT2D eigenvalue weighted by molar-refractivity contribution is -0.384. The van der Waals surface area contributed by atoms with Crippen LogP contribution in [0.4, 0.5) is 5.69 Å². The zero-order valence-corrected chi connectivity index (χ0v) is 14.7. The molecule has 2 aromatic heterocycles. The van der Waals surface area contributed by atoms with Crippen molar-refractivity contribution in [3.05, 3.63) is 70.2 Å². The van der Waals surface area contributed by atoms with Gasteiger partial charge in [-0.05, 0) is 26.0 Å². The number of esters is 1. The highest BCUT2D eigenvalue weighted by atomic mass is 16.6. The van der Waals surface area contributed by atoms with Gasteiger partial charge in [0.25, 0.3) is 5.69 Å². The Labute approximate surface area is 155 Å². The third kappa shape index (κ3) is 3.79. The standard InChI is InChI=1S/C19H16N4O4/c1-3-27-19(24)16-12(2)21-18(14-7-5-9-20-11-14)22-17(16)13-6-4-8-15(10-13)23(25)26/h4-11H,3H2,1-2H3. The summed E-state index contributed by atoms with van der Waals surface area (Å²) in [5, 5.41) is 11.1. The molecule has 0 aliphatic carbocycles. The topological polar surface area (TPSA) is 108 Å². The minimum Gasteiger partial charge on any atom is -0.462 e. The van der Waals surface area contributed by atoms with Gasteiger partial charge in [0.2, 0.25) is 0 Å². The number of rotatable bonds is 5. The Morgan fingerprint density at radius 3 is 2.63 bits per heavy atom. The van der Waals surface area contributed by atoms with E-state index in [1.165, 1.54) is 12.1 Å². The Morgan fingerprint density at radius 1 is 1.19 bits per heavy atom. The van der Waals surface area contributed by atoms with Gasteiger partial charge in [0.15, 0.2) is 5.82 Å². The van der Waals surface area contributed by atoms with E-state index in [4.69, 9.17) is 4.74 Å². The number of nitrogens with zero attached hydrogens (tertiary/aromatic N) is 4. The van der Waals surface area contributed by atoms with E-state index in [0.717, 1.165) is 0 Å². The predicted octanol–water partition coefficient (Wildman–Crippen LogP) is 3.60. The molecule has 8 nitrogen and oxygen atoms in total. The molecule has 0 saturated heterocycles. The second kappa shape index (κ2) is 7.69. The summed E-state index contributed by atoms with van der Waals surface area (Å²) in [4.78, 5) is 36.1. The summed E-state index contributed by atoms with van der Waals surface area (Å²) in [6, 6.07) is 9.50. The molecule has 0 unspecified atom stereocenters. The Bertz CT molecular complexity index is 1010. The molecule has 3 aromatic rings. The van der Waals surface area contributed by atoms with E-state index in [1.54, 1.807) is 50.5 Å². The quantitative estimate of drug-likeness (QED) is 0.386. The largest absolute Gasteiger partial charge is 0.462 e. The van der Waals surface area contributed by atoms with Crippen LogP contribution >= 0.6 is 0 Å². The van der Waals surface area contributed by atoms with Gasteiger partial charge in [-0.25, -0.2) is 14.8 Å². The second-order valence-corrected chi connectivity index (χ2v) is 5.63. The molecular weight excluding hydrogens is 348 g/mol. The highest BCUT2D eigenvalue weighted by molar-refractivity contribution is 5.97. The number of hydrogen-bond acceptors (Lipinski definition) is 7. The normalized spacial score (nSPS) is 10.4. The first-order chi connectivity index (χ1) is 13.0. The lowest BCUT2D eigenvalue weighted by Crippen LogP contribution is -2.12. The van der Waals surface area contributed by atoms with Gasteiger partial charge >= 0.3 is 5.97 Å². The molecule has 3 rings (SSSR count). The van der Waals surface area contributed by atoms with E-state index < -0.39 is 10.9 Å². The third-order valence-corrected chi connectivity index (χ3v) is 3.82. The molecule has 0 fully saturated rings. The molecular formula is C19H16N4O4. The molecule has 8 heteroatoms. The number of nitro groups is 1. The minimum atomic E-state index is -0.575. The number of non-ortho nitro benzene ring substituents is 1. The summed E-state index contributed by atoms with van der Waals surface area (Å²) in [6.45, 7) is 3.57. The van der Waals surface area contributed by atoms with E-state index in [-0.39, 0.29) is 23.6 Å². The monoisotopic (exact) mass is 364 g/mol. The molecule has 0 bridgehead atoms. The van der Waals surface area contributed by atoms with E-state index in [2.05, 4.69) is 15.0 Å². The number of hydrogen-bond donors (Lipinski definition) is 0. The first-order valence-corrected chi connectivity index (χ1v) is 8.22. The number of pyridine rings is 1. The molecule has 2 heterocycles. The summed E-state index contributed by atoms with van der Waals surface area (Å²) in [5.74, 6) is -0.204. The van der Waals surface area contributed by atoms with Crippen molar-refractivity contribution in [2.24, 2.45) is 0 Å². The predicted molar refractivity (Wildman–Crippen MR) is 98.0 cm³/mol. The van der Waals surface area contributed by atoms with Crippen molar-refractivity contribution in [3.8, 4) is 22.6 Å². The van der Waals surface area contributed by atoms with Gasteiger partial charge in [-0.2, -0.15) is 0 Å². The van der Waals surface area contributed by atoms with Gasteiger partial charge < -0.3 is 4.74 Å². The molecule has 0 saturated carbocycles. The van der Waals surface area contributed by atoms with Crippen LogP contribution in [0.1, 0.15) is 23.0 Å². The number of aryl methyl sites for hydroxylation is 1. The molecule has 0 amide bonds. The van der Waals surface area contributed by atoms with Crippen molar-refractivity contribution in [1.29, 1.82) is 0 Å². The maximum absolute atomic E-state index is 12.5. The molecule has 0 aliphatic heterocycles. The van der Waals surface area contributed by atoms with E-state index in [9.17, 15) is 14.9 Å². The summed E-state index contributed by atoms with van der Waals surface area (Å²) in [5.41, 5.74) is 1.89. The van der Waals surface area contributed by atoms with Crippen molar-refractivity contribution in [2.75, 3.05) is 6.61 Å². The fourth-order valence-electron chi connectivity index (χ4n) is 2.62. The van der Waals surface area contributed by atoms with Gasteiger partial charge in [0.05, 0.1) is 22.9 Å². The number of aromatic nitrogens is 3. The number of ether oxygens (including phenoxy) is 1. The lowest BCUT2D eigenvalue weighted by atomic mass is 10.0.